The number of rotatable bonds is 6. The van der Waals surface area contributed by atoms with Gasteiger partial charge in [-0.25, -0.2) is 0 Å². The number of carboxylic acid groups (broad SMARTS) is 1. The van der Waals surface area contributed by atoms with E-state index in [-0.39, 0.29) is 26.1 Å². The SMILES string of the molecule is CC1(C)CN(S(=O)(=O)N[C@@H](Cc2c[nH]c3ccccc23)C(=O)O)CCO1. The van der Waals surface area contributed by atoms with Gasteiger partial charge in [-0.15, -0.1) is 0 Å². The van der Waals surface area contributed by atoms with E-state index >= 15 is 0 Å². The van der Waals surface area contributed by atoms with Gasteiger partial charge in [-0.2, -0.15) is 17.4 Å². The number of carbonyl (C=O) groups is 1. The number of ether oxygens (including phenoxy) is 1. The second-order valence-corrected chi connectivity index (χ2v) is 8.72. The number of aliphatic carboxylic acids is 1. The Kier molecular flexibility index (Phi) is 5.07. The molecular weight excluding hydrogens is 358 g/mol. The van der Waals surface area contributed by atoms with Crippen molar-refractivity contribution in [3.05, 3.63) is 36.0 Å². The van der Waals surface area contributed by atoms with Gasteiger partial charge in [0, 0.05) is 36.6 Å². The fraction of sp³-hybridized carbons (Fsp3) is 0.471. The molecule has 3 rings (SSSR count). The van der Waals surface area contributed by atoms with Crippen molar-refractivity contribution in [3.8, 4) is 0 Å². The molecule has 8 nitrogen and oxygen atoms in total. The Morgan fingerprint density at radius 3 is 2.85 bits per heavy atom. The number of morpholine rings is 1. The maximum absolute atomic E-state index is 12.7. The molecule has 0 bridgehead atoms. The highest BCUT2D eigenvalue weighted by atomic mass is 32.2. The molecule has 9 heteroatoms. The quantitative estimate of drug-likeness (QED) is 0.694. The number of hydrogen-bond donors (Lipinski definition) is 3. The number of nitrogens with one attached hydrogen (secondary N) is 2. The van der Waals surface area contributed by atoms with Gasteiger partial charge < -0.3 is 14.8 Å². The highest BCUT2D eigenvalue weighted by molar-refractivity contribution is 7.87. The monoisotopic (exact) mass is 381 g/mol. The van der Waals surface area contributed by atoms with Crippen LogP contribution in [-0.2, 0) is 26.2 Å². The van der Waals surface area contributed by atoms with Crippen LogP contribution >= 0.6 is 0 Å². The van der Waals surface area contributed by atoms with E-state index in [1.165, 1.54) is 4.31 Å². The van der Waals surface area contributed by atoms with Crippen molar-refractivity contribution in [2.75, 3.05) is 19.7 Å². The fourth-order valence-corrected chi connectivity index (χ4v) is 4.62. The molecule has 1 aromatic heterocycles. The van der Waals surface area contributed by atoms with E-state index in [2.05, 4.69) is 9.71 Å². The Bertz CT molecular complexity index is 906. The maximum Gasteiger partial charge on any atom is 0.322 e. The number of para-hydroxylation sites is 1. The topological polar surface area (TPSA) is 112 Å². The zero-order valence-electron chi connectivity index (χ0n) is 14.7. The normalized spacial score (nSPS) is 19.5. The Balaban J connectivity index is 1.79. The minimum atomic E-state index is -3.94. The van der Waals surface area contributed by atoms with Gasteiger partial charge in [0.05, 0.1) is 12.2 Å². The van der Waals surface area contributed by atoms with Crippen LogP contribution in [0.1, 0.15) is 19.4 Å². The smallest absolute Gasteiger partial charge is 0.322 e. The number of aromatic amines is 1. The summed E-state index contributed by atoms with van der Waals surface area (Å²) in [4.78, 5) is 14.7. The summed E-state index contributed by atoms with van der Waals surface area (Å²) in [6.45, 7) is 4.23. The van der Waals surface area contributed by atoms with E-state index in [1.54, 1.807) is 20.0 Å². The van der Waals surface area contributed by atoms with Gasteiger partial charge in [0.2, 0.25) is 0 Å². The molecule has 1 aliphatic rings. The molecule has 1 fully saturated rings. The van der Waals surface area contributed by atoms with Crippen LogP contribution in [0.3, 0.4) is 0 Å². The van der Waals surface area contributed by atoms with Gasteiger partial charge in [0.1, 0.15) is 6.04 Å². The van der Waals surface area contributed by atoms with E-state index in [4.69, 9.17) is 4.74 Å². The van der Waals surface area contributed by atoms with Crippen LogP contribution < -0.4 is 4.72 Å². The minimum absolute atomic E-state index is 0.0479. The lowest BCUT2D eigenvalue weighted by Crippen LogP contribution is -2.56. The first-order chi connectivity index (χ1) is 12.2. The molecule has 1 saturated heterocycles. The average Bonchev–Trinajstić information content (AvgIpc) is 2.96. The number of hydrogen-bond acceptors (Lipinski definition) is 4. The van der Waals surface area contributed by atoms with Gasteiger partial charge in [-0.05, 0) is 25.5 Å². The largest absolute Gasteiger partial charge is 0.480 e. The third kappa shape index (κ3) is 4.07. The molecule has 142 valence electrons. The fourth-order valence-electron chi connectivity index (χ4n) is 3.13. The maximum atomic E-state index is 12.7. The molecule has 2 heterocycles. The molecule has 1 aromatic carbocycles. The Labute approximate surface area is 152 Å². The molecule has 0 amide bonds. The van der Waals surface area contributed by atoms with Gasteiger partial charge >= 0.3 is 5.97 Å². The summed E-state index contributed by atoms with van der Waals surface area (Å²) < 4.78 is 34.4. The molecule has 2 aromatic rings. The van der Waals surface area contributed by atoms with E-state index in [0.29, 0.717) is 0 Å². The summed E-state index contributed by atoms with van der Waals surface area (Å²) in [6.07, 6.45) is 1.76. The van der Waals surface area contributed by atoms with Crippen molar-refractivity contribution in [2.45, 2.75) is 31.9 Å². The molecule has 1 atom stereocenters. The third-order valence-corrected chi connectivity index (χ3v) is 5.99. The van der Waals surface area contributed by atoms with Crippen LogP contribution in [0.15, 0.2) is 30.5 Å². The zero-order valence-corrected chi connectivity index (χ0v) is 15.5. The van der Waals surface area contributed by atoms with E-state index in [9.17, 15) is 18.3 Å². The lowest BCUT2D eigenvalue weighted by Gasteiger charge is -2.37. The predicted octanol–water partition coefficient (Wildman–Crippen LogP) is 1.11. The van der Waals surface area contributed by atoms with Crippen LogP contribution in [0.2, 0.25) is 0 Å². The molecule has 0 unspecified atom stereocenters. The number of nitrogens with zero attached hydrogens (tertiary/aromatic N) is 1. The van der Waals surface area contributed by atoms with Gasteiger partial charge in [0.25, 0.3) is 10.2 Å². The molecule has 3 N–H and O–H groups in total. The van der Waals surface area contributed by atoms with Gasteiger partial charge in [-0.3, -0.25) is 4.79 Å². The summed E-state index contributed by atoms with van der Waals surface area (Å²) in [5.74, 6) is -1.22. The number of fused-ring (bicyclic) bond motifs is 1. The van der Waals surface area contributed by atoms with E-state index in [1.807, 2.05) is 24.3 Å². The standard InChI is InChI=1S/C17H23N3O5S/c1-17(2)11-20(7-8-25-17)26(23,24)19-15(16(21)22)9-12-10-18-14-6-4-3-5-13(12)14/h3-6,10,15,18-19H,7-9,11H2,1-2H3,(H,21,22)/t15-/m0/s1. The van der Waals surface area contributed by atoms with Crippen molar-refractivity contribution in [3.63, 3.8) is 0 Å². The van der Waals surface area contributed by atoms with Crippen molar-refractivity contribution in [1.82, 2.24) is 14.0 Å². The van der Waals surface area contributed by atoms with Crippen molar-refractivity contribution in [1.29, 1.82) is 0 Å². The second kappa shape index (κ2) is 6.99. The summed E-state index contributed by atoms with van der Waals surface area (Å²) in [6, 6.07) is 6.23. The molecule has 26 heavy (non-hydrogen) atoms. The summed E-state index contributed by atoms with van der Waals surface area (Å²) in [5.41, 5.74) is 1.02. The van der Waals surface area contributed by atoms with Crippen LogP contribution in [0.5, 0.6) is 0 Å². The molecule has 0 aliphatic carbocycles. The first-order valence-electron chi connectivity index (χ1n) is 8.37. The van der Waals surface area contributed by atoms with Crippen molar-refractivity contribution in [2.24, 2.45) is 0 Å². The summed E-state index contributed by atoms with van der Waals surface area (Å²) in [7, 11) is -3.94. The third-order valence-electron chi connectivity index (χ3n) is 4.42. The lowest BCUT2D eigenvalue weighted by atomic mass is 10.1. The molecular formula is C17H23N3O5S. The van der Waals surface area contributed by atoms with Gasteiger partial charge in [0.15, 0.2) is 0 Å². The highest BCUT2D eigenvalue weighted by Crippen LogP contribution is 2.21. The zero-order chi connectivity index (χ0) is 18.9. The van der Waals surface area contributed by atoms with Crippen molar-refractivity contribution < 1.29 is 23.1 Å². The Morgan fingerprint density at radius 1 is 1.42 bits per heavy atom. The molecule has 0 radical (unpaired) electrons. The van der Waals surface area contributed by atoms with Crippen LogP contribution in [-0.4, -0.2) is 60.1 Å². The van der Waals surface area contributed by atoms with Crippen LogP contribution in [0.25, 0.3) is 10.9 Å². The molecule has 0 spiro atoms. The predicted molar refractivity (Wildman–Crippen MR) is 97.1 cm³/mol. The first kappa shape index (κ1) is 18.8. The Hall–Kier alpha value is -1.94. The Morgan fingerprint density at radius 2 is 2.15 bits per heavy atom. The number of benzene rings is 1. The molecule has 1 aliphatic heterocycles. The lowest BCUT2D eigenvalue weighted by molar-refractivity contribution is -0.138. The summed E-state index contributed by atoms with van der Waals surface area (Å²) in [5, 5.41) is 10.4. The number of H-pyrrole nitrogens is 1. The van der Waals surface area contributed by atoms with E-state index < -0.39 is 27.8 Å². The highest BCUT2D eigenvalue weighted by Gasteiger charge is 2.36. The number of aromatic nitrogens is 1. The first-order valence-corrected chi connectivity index (χ1v) is 9.81. The number of carboxylic acids is 1. The average molecular weight is 381 g/mol. The van der Waals surface area contributed by atoms with Crippen LogP contribution in [0, 0.1) is 0 Å². The molecule has 0 saturated carbocycles. The van der Waals surface area contributed by atoms with Crippen molar-refractivity contribution >= 4 is 27.1 Å². The summed E-state index contributed by atoms with van der Waals surface area (Å²) >= 11 is 0. The minimum Gasteiger partial charge on any atom is -0.480 e. The second-order valence-electron chi connectivity index (χ2n) is 7.02. The van der Waals surface area contributed by atoms with E-state index in [0.717, 1.165) is 16.5 Å². The van der Waals surface area contributed by atoms with Gasteiger partial charge in [-0.1, -0.05) is 18.2 Å². The van der Waals surface area contributed by atoms with Crippen LogP contribution in [0.4, 0.5) is 0 Å².